The van der Waals surface area contributed by atoms with E-state index in [1.54, 1.807) is 14.2 Å². The standard InChI is InChI=1S/C12H24O3S2/c1-12(2,14-4)15-10(9-13-3)8-11-16-6-5-7-17-11/h10-11H,5-9H2,1-4H3. The molecule has 0 radical (unpaired) electrons. The van der Waals surface area contributed by atoms with Crippen LogP contribution in [0.3, 0.4) is 0 Å². The normalized spacial score (nSPS) is 20.5. The Morgan fingerprint density at radius 2 is 1.88 bits per heavy atom. The number of hydrogen-bond donors (Lipinski definition) is 0. The van der Waals surface area contributed by atoms with Crippen LogP contribution in [0, 0.1) is 0 Å². The molecule has 0 spiro atoms. The van der Waals surface area contributed by atoms with Gasteiger partial charge in [-0.1, -0.05) is 0 Å². The molecule has 1 aliphatic heterocycles. The van der Waals surface area contributed by atoms with Crippen LogP contribution in [0.5, 0.6) is 0 Å². The van der Waals surface area contributed by atoms with Gasteiger partial charge in [0.2, 0.25) is 0 Å². The molecule has 3 nitrogen and oxygen atoms in total. The fourth-order valence-electron chi connectivity index (χ4n) is 1.67. The van der Waals surface area contributed by atoms with E-state index >= 15 is 0 Å². The van der Waals surface area contributed by atoms with Crippen molar-refractivity contribution in [3.63, 3.8) is 0 Å². The Kier molecular flexibility index (Phi) is 7.26. The van der Waals surface area contributed by atoms with Gasteiger partial charge < -0.3 is 14.2 Å². The summed E-state index contributed by atoms with van der Waals surface area (Å²) in [6.07, 6.45) is 2.46. The Balaban J connectivity index is 2.41. The minimum Gasteiger partial charge on any atom is -0.382 e. The predicted molar refractivity (Wildman–Crippen MR) is 75.8 cm³/mol. The largest absolute Gasteiger partial charge is 0.382 e. The zero-order chi connectivity index (χ0) is 12.7. The zero-order valence-corrected chi connectivity index (χ0v) is 12.9. The summed E-state index contributed by atoms with van der Waals surface area (Å²) in [5.41, 5.74) is 0. The predicted octanol–water partition coefficient (Wildman–Crippen LogP) is 2.99. The van der Waals surface area contributed by atoms with Crippen LogP contribution in [0.2, 0.25) is 0 Å². The average molecular weight is 280 g/mol. The highest BCUT2D eigenvalue weighted by Crippen LogP contribution is 2.34. The molecule has 1 heterocycles. The van der Waals surface area contributed by atoms with Crippen LogP contribution in [0.4, 0.5) is 0 Å². The molecule has 1 rings (SSSR count). The summed E-state index contributed by atoms with van der Waals surface area (Å²) < 4.78 is 17.1. The molecule has 1 aliphatic rings. The molecule has 1 atom stereocenters. The molecule has 0 N–H and O–H groups in total. The Labute approximate surface area is 113 Å². The topological polar surface area (TPSA) is 27.7 Å². The summed E-state index contributed by atoms with van der Waals surface area (Å²) in [5, 5.41) is 0. The van der Waals surface area contributed by atoms with Crippen molar-refractivity contribution in [2.75, 3.05) is 32.3 Å². The fourth-order valence-corrected chi connectivity index (χ4v) is 4.67. The molecule has 5 heteroatoms. The smallest absolute Gasteiger partial charge is 0.162 e. The van der Waals surface area contributed by atoms with Gasteiger partial charge >= 0.3 is 0 Å². The van der Waals surface area contributed by atoms with E-state index < -0.39 is 5.79 Å². The molecule has 0 aromatic heterocycles. The maximum Gasteiger partial charge on any atom is 0.162 e. The quantitative estimate of drug-likeness (QED) is 0.668. The van der Waals surface area contributed by atoms with Crippen molar-refractivity contribution in [1.29, 1.82) is 0 Å². The Morgan fingerprint density at radius 3 is 2.41 bits per heavy atom. The summed E-state index contributed by atoms with van der Waals surface area (Å²) in [5.74, 6) is 2.00. The molecule has 0 bridgehead atoms. The lowest BCUT2D eigenvalue weighted by Gasteiger charge is -2.32. The second kappa shape index (κ2) is 7.89. The van der Waals surface area contributed by atoms with Gasteiger partial charge in [-0.15, -0.1) is 23.5 Å². The Morgan fingerprint density at radius 1 is 1.24 bits per heavy atom. The fraction of sp³-hybridized carbons (Fsp3) is 1.00. The summed E-state index contributed by atoms with van der Waals surface area (Å²) in [4.78, 5) is 0. The van der Waals surface area contributed by atoms with Gasteiger partial charge in [-0.25, -0.2) is 0 Å². The summed E-state index contributed by atoms with van der Waals surface area (Å²) in [6, 6.07) is 0. The Hall–Kier alpha value is 0.580. The van der Waals surface area contributed by atoms with Crippen LogP contribution >= 0.6 is 23.5 Å². The summed E-state index contributed by atoms with van der Waals surface area (Å²) in [6.45, 7) is 4.51. The van der Waals surface area contributed by atoms with Crippen LogP contribution < -0.4 is 0 Å². The lowest BCUT2D eigenvalue weighted by Crippen LogP contribution is -2.36. The monoisotopic (exact) mass is 280 g/mol. The number of ether oxygens (including phenoxy) is 3. The highest BCUT2D eigenvalue weighted by Gasteiger charge is 2.26. The first-order chi connectivity index (χ1) is 8.07. The third-order valence-electron chi connectivity index (χ3n) is 2.65. The second-order valence-corrected chi connectivity index (χ2v) is 7.48. The summed E-state index contributed by atoms with van der Waals surface area (Å²) in [7, 11) is 3.39. The maximum atomic E-state index is 5.96. The van der Waals surface area contributed by atoms with Gasteiger partial charge in [0.15, 0.2) is 5.79 Å². The lowest BCUT2D eigenvalue weighted by molar-refractivity contribution is -0.230. The molecule has 1 saturated heterocycles. The number of hydrogen-bond acceptors (Lipinski definition) is 5. The zero-order valence-electron chi connectivity index (χ0n) is 11.2. The van der Waals surface area contributed by atoms with Gasteiger partial charge in [-0.2, -0.15) is 0 Å². The van der Waals surface area contributed by atoms with Crippen molar-refractivity contribution < 1.29 is 14.2 Å². The first-order valence-corrected chi connectivity index (χ1v) is 8.12. The molecule has 0 aromatic carbocycles. The minimum atomic E-state index is -0.535. The van der Waals surface area contributed by atoms with Crippen molar-refractivity contribution in [3.8, 4) is 0 Å². The number of methoxy groups -OCH3 is 2. The van der Waals surface area contributed by atoms with Gasteiger partial charge in [0.25, 0.3) is 0 Å². The van der Waals surface area contributed by atoms with Gasteiger partial charge in [-0.3, -0.25) is 0 Å². The van der Waals surface area contributed by atoms with Crippen LogP contribution in [0.25, 0.3) is 0 Å². The number of rotatable bonds is 7. The molecule has 0 aromatic rings. The third-order valence-corrected chi connectivity index (χ3v) is 5.64. The molecule has 1 fully saturated rings. The van der Waals surface area contributed by atoms with Gasteiger partial charge in [0.05, 0.1) is 17.3 Å². The average Bonchev–Trinajstić information content (AvgIpc) is 2.30. The van der Waals surface area contributed by atoms with E-state index in [4.69, 9.17) is 14.2 Å². The van der Waals surface area contributed by atoms with Crippen molar-refractivity contribution in [3.05, 3.63) is 0 Å². The first-order valence-electron chi connectivity index (χ1n) is 6.02. The van der Waals surface area contributed by atoms with Crippen molar-refractivity contribution in [2.45, 2.75) is 43.2 Å². The third kappa shape index (κ3) is 6.34. The molecule has 0 saturated carbocycles. The van der Waals surface area contributed by atoms with Crippen LogP contribution in [-0.2, 0) is 14.2 Å². The molecule has 102 valence electrons. The first kappa shape index (κ1) is 15.6. The second-order valence-electron chi connectivity index (χ2n) is 4.56. The molecule has 0 aliphatic carbocycles. The SMILES string of the molecule is COCC(CC1SCCCS1)OC(C)(C)OC. The molecular weight excluding hydrogens is 256 g/mol. The minimum absolute atomic E-state index is 0.109. The van der Waals surface area contributed by atoms with Gasteiger partial charge in [0, 0.05) is 14.2 Å². The van der Waals surface area contributed by atoms with E-state index in [1.165, 1.54) is 17.9 Å². The van der Waals surface area contributed by atoms with Crippen molar-refractivity contribution in [1.82, 2.24) is 0 Å². The van der Waals surface area contributed by atoms with E-state index in [0.717, 1.165) is 6.42 Å². The molecule has 1 unspecified atom stereocenters. The van der Waals surface area contributed by atoms with Crippen LogP contribution in [-0.4, -0.2) is 48.8 Å². The van der Waals surface area contributed by atoms with Crippen molar-refractivity contribution >= 4 is 23.5 Å². The van der Waals surface area contributed by atoms with E-state index in [9.17, 15) is 0 Å². The maximum absolute atomic E-state index is 5.96. The van der Waals surface area contributed by atoms with Gasteiger partial charge in [0.1, 0.15) is 0 Å². The highest BCUT2D eigenvalue weighted by atomic mass is 32.2. The van der Waals surface area contributed by atoms with Crippen LogP contribution in [0.1, 0.15) is 26.7 Å². The van der Waals surface area contributed by atoms with Gasteiger partial charge in [-0.05, 0) is 38.2 Å². The summed E-state index contributed by atoms with van der Waals surface area (Å²) >= 11 is 4.08. The highest BCUT2D eigenvalue weighted by molar-refractivity contribution is 8.17. The molecule has 17 heavy (non-hydrogen) atoms. The van der Waals surface area contributed by atoms with E-state index in [-0.39, 0.29) is 6.10 Å². The van der Waals surface area contributed by atoms with E-state index in [2.05, 4.69) is 0 Å². The molecular formula is C12H24O3S2. The van der Waals surface area contributed by atoms with E-state index in [0.29, 0.717) is 11.2 Å². The number of thioether (sulfide) groups is 2. The van der Waals surface area contributed by atoms with Crippen LogP contribution in [0.15, 0.2) is 0 Å². The Bertz CT molecular complexity index is 206. The molecule has 0 amide bonds. The lowest BCUT2D eigenvalue weighted by atomic mass is 10.2. The van der Waals surface area contributed by atoms with Crippen molar-refractivity contribution in [2.24, 2.45) is 0 Å². The van der Waals surface area contributed by atoms with E-state index in [1.807, 2.05) is 37.4 Å².